The van der Waals surface area contributed by atoms with Crippen molar-refractivity contribution in [3.05, 3.63) is 120 Å². The summed E-state index contributed by atoms with van der Waals surface area (Å²) in [4.78, 5) is 0. The summed E-state index contributed by atoms with van der Waals surface area (Å²) >= 11 is 0. The minimum atomic E-state index is -0.628. The number of benzene rings is 4. The Kier molecular flexibility index (Phi) is 7.16. The van der Waals surface area contributed by atoms with E-state index >= 15 is 0 Å². The maximum Gasteiger partial charge on any atom is 0.161 e. The zero-order chi connectivity index (χ0) is 27.5. The quantitative estimate of drug-likeness (QED) is 0.240. The standard InChI is InChI=1S/C35H33NO4/c1-37-31-18-16-25(21-33(31)38-2)28-12-9-14-32-34(28)29-17-15-26(20-27(29)23-40-32)30-13-7-8-19-35(30,39-3)36-22-24-10-5-4-6-11-24/h4-18,20-21,36H,19,22-23H2,1-3H3. The van der Waals surface area contributed by atoms with Crippen LogP contribution in [0.25, 0.3) is 27.8 Å². The van der Waals surface area contributed by atoms with Crippen molar-refractivity contribution >= 4 is 5.57 Å². The Balaban J connectivity index is 1.38. The van der Waals surface area contributed by atoms with Crippen LogP contribution >= 0.6 is 0 Å². The lowest BCUT2D eigenvalue weighted by Gasteiger charge is -2.37. The highest BCUT2D eigenvalue weighted by molar-refractivity contribution is 5.91. The van der Waals surface area contributed by atoms with Gasteiger partial charge in [-0.25, -0.2) is 0 Å². The molecule has 1 heterocycles. The molecule has 0 spiro atoms. The van der Waals surface area contributed by atoms with Gasteiger partial charge in [0, 0.05) is 31.2 Å². The van der Waals surface area contributed by atoms with E-state index in [0.717, 1.165) is 45.6 Å². The molecule has 4 aromatic carbocycles. The largest absolute Gasteiger partial charge is 0.493 e. The number of fused-ring (bicyclic) bond motifs is 3. The summed E-state index contributed by atoms with van der Waals surface area (Å²) in [6.45, 7) is 1.21. The van der Waals surface area contributed by atoms with Gasteiger partial charge in [-0.2, -0.15) is 0 Å². The van der Waals surface area contributed by atoms with Crippen molar-refractivity contribution < 1.29 is 18.9 Å². The zero-order valence-electron chi connectivity index (χ0n) is 23.1. The first-order valence-electron chi connectivity index (χ1n) is 13.5. The predicted octanol–water partition coefficient (Wildman–Crippen LogP) is 7.41. The zero-order valence-corrected chi connectivity index (χ0v) is 23.1. The molecule has 0 saturated heterocycles. The molecule has 5 nitrogen and oxygen atoms in total. The van der Waals surface area contributed by atoms with Crippen molar-refractivity contribution in [2.24, 2.45) is 0 Å². The molecule has 2 aliphatic rings. The topological polar surface area (TPSA) is 49.0 Å². The maximum absolute atomic E-state index is 6.30. The van der Waals surface area contributed by atoms with Crippen LogP contribution in [0, 0.1) is 0 Å². The van der Waals surface area contributed by atoms with Crippen LogP contribution in [0.15, 0.2) is 103 Å². The van der Waals surface area contributed by atoms with Gasteiger partial charge in [-0.1, -0.05) is 78.9 Å². The van der Waals surface area contributed by atoms with E-state index in [4.69, 9.17) is 18.9 Å². The summed E-state index contributed by atoms with van der Waals surface area (Å²) in [6, 6.07) is 29.3. The van der Waals surface area contributed by atoms with Gasteiger partial charge in [-0.05, 0) is 57.6 Å². The van der Waals surface area contributed by atoms with Crippen molar-refractivity contribution in [3.63, 3.8) is 0 Å². The minimum absolute atomic E-state index is 0.506. The Morgan fingerprint density at radius 3 is 2.42 bits per heavy atom. The number of rotatable bonds is 8. The van der Waals surface area contributed by atoms with Crippen LogP contribution < -0.4 is 19.5 Å². The Hall–Kier alpha value is -4.32. The average molecular weight is 532 g/mol. The molecule has 1 aliphatic carbocycles. The summed E-state index contributed by atoms with van der Waals surface area (Å²) in [5.74, 6) is 2.28. The predicted molar refractivity (Wildman–Crippen MR) is 160 cm³/mol. The molecule has 1 atom stereocenters. The van der Waals surface area contributed by atoms with Gasteiger partial charge in [-0.3, -0.25) is 5.32 Å². The smallest absolute Gasteiger partial charge is 0.161 e. The molecule has 6 rings (SSSR count). The van der Waals surface area contributed by atoms with Crippen molar-refractivity contribution in [3.8, 4) is 39.5 Å². The molecule has 1 unspecified atom stereocenters. The molecule has 0 amide bonds. The van der Waals surface area contributed by atoms with E-state index in [1.54, 1.807) is 21.3 Å². The number of ether oxygens (including phenoxy) is 4. The lowest BCUT2D eigenvalue weighted by molar-refractivity contribution is 0.0119. The van der Waals surface area contributed by atoms with E-state index in [1.807, 2.05) is 30.3 Å². The first kappa shape index (κ1) is 25.9. The molecule has 0 aromatic heterocycles. The van der Waals surface area contributed by atoms with Gasteiger partial charge < -0.3 is 18.9 Å². The molecule has 202 valence electrons. The van der Waals surface area contributed by atoms with E-state index in [1.165, 1.54) is 11.1 Å². The third-order valence-electron chi connectivity index (χ3n) is 7.80. The summed E-state index contributed by atoms with van der Waals surface area (Å²) in [5, 5.41) is 3.70. The molecule has 0 radical (unpaired) electrons. The van der Waals surface area contributed by atoms with Crippen LogP contribution in [-0.4, -0.2) is 27.1 Å². The van der Waals surface area contributed by atoms with Gasteiger partial charge in [0.05, 0.1) is 14.2 Å². The van der Waals surface area contributed by atoms with Crippen LogP contribution in [0.2, 0.25) is 0 Å². The van der Waals surface area contributed by atoms with Gasteiger partial charge in [0.1, 0.15) is 18.1 Å². The fraction of sp³-hybridized carbons (Fsp3) is 0.200. The van der Waals surface area contributed by atoms with Crippen LogP contribution in [0.4, 0.5) is 0 Å². The van der Waals surface area contributed by atoms with Gasteiger partial charge >= 0.3 is 0 Å². The van der Waals surface area contributed by atoms with Crippen molar-refractivity contribution in [1.29, 1.82) is 0 Å². The fourth-order valence-electron chi connectivity index (χ4n) is 5.70. The van der Waals surface area contributed by atoms with E-state index in [9.17, 15) is 0 Å². The van der Waals surface area contributed by atoms with Crippen LogP contribution in [0.3, 0.4) is 0 Å². The first-order valence-corrected chi connectivity index (χ1v) is 13.5. The summed E-state index contributed by atoms with van der Waals surface area (Å²) in [7, 11) is 5.08. The molecule has 0 fully saturated rings. The lowest BCUT2D eigenvalue weighted by Crippen LogP contribution is -2.48. The molecule has 0 bridgehead atoms. The molecule has 5 heteroatoms. The van der Waals surface area contributed by atoms with E-state index < -0.39 is 5.72 Å². The normalized spacial score (nSPS) is 17.3. The van der Waals surface area contributed by atoms with E-state index in [-0.39, 0.29) is 0 Å². The highest BCUT2D eigenvalue weighted by atomic mass is 16.5. The molecule has 1 N–H and O–H groups in total. The van der Waals surface area contributed by atoms with Gasteiger partial charge in [0.2, 0.25) is 0 Å². The van der Waals surface area contributed by atoms with Crippen molar-refractivity contribution in [1.82, 2.24) is 5.32 Å². The monoisotopic (exact) mass is 531 g/mol. The number of hydrogen-bond donors (Lipinski definition) is 1. The highest BCUT2D eigenvalue weighted by Crippen LogP contribution is 2.46. The molecule has 0 saturated carbocycles. The van der Waals surface area contributed by atoms with Crippen molar-refractivity contribution in [2.75, 3.05) is 21.3 Å². The first-order chi connectivity index (χ1) is 19.7. The molecule has 40 heavy (non-hydrogen) atoms. The molecular formula is C35H33NO4. The summed E-state index contributed by atoms with van der Waals surface area (Å²) in [5.41, 5.74) is 8.32. The molecule has 1 aliphatic heterocycles. The number of hydrogen-bond acceptors (Lipinski definition) is 5. The Morgan fingerprint density at radius 2 is 1.62 bits per heavy atom. The number of methoxy groups -OCH3 is 3. The second-order valence-corrected chi connectivity index (χ2v) is 9.99. The Bertz CT molecular complexity index is 1590. The Labute approximate surface area is 235 Å². The van der Waals surface area contributed by atoms with E-state index in [2.05, 4.69) is 78.1 Å². The summed E-state index contributed by atoms with van der Waals surface area (Å²) < 4.78 is 23.6. The van der Waals surface area contributed by atoms with Crippen LogP contribution in [0.1, 0.15) is 23.1 Å². The second kappa shape index (κ2) is 11.0. The third-order valence-corrected chi connectivity index (χ3v) is 7.80. The Morgan fingerprint density at radius 1 is 0.800 bits per heavy atom. The maximum atomic E-state index is 6.30. The van der Waals surface area contributed by atoms with Gasteiger partial charge in [0.15, 0.2) is 11.5 Å². The fourth-order valence-corrected chi connectivity index (χ4v) is 5.70. The van der Waals surface area contributed by atoms with Crippen LogP contribution in [-0.2, 0) is 17.9 Å². The van der Waals surface area contributed by atoms with E-state index in [0.29, 0.717) is 24.7 Å². The SMILES string of the molecule is COc1ccc(-c2cccc3c2-c2ccc(C4=CC=CCC4(NCc4ccccc4)OC)cc2CO3)cc1OC. The summed E-state index contributed by atoms with van der Waals surface area (Å²) in [6.07, 6.45) is 7.15. The molecule has 4 aromatic rings. The van der Waals surface area contributed by atoms with Gasteiger partial charge in [0.25, 0.3) is 0 Å². The lowest BCUT2D eigenvalue weighted by atomic mass is 9.84. The third kappa shape index (κ3) is 4.68. The van der Waals surface area contributed by atoms with Crippen LogP contribution in [0.5, 0.6) is 17.2 Å². The highest BCUT2D eigenvalue weighted by Gasteiger charge is 2.35. The minimum Gasteiger partial charge on any atom is -0.493 e. The van der Waals surface area contributed by atoms with Gasteiger partial charge in [-0.15, -0.1) is 0 Å². The average Bonchev–Trinajstić information content (AvgIpc) is 3.03. The molecular weight excluding hydrogens is 498 g/mol. The van der Waals surface area contributed by atoms with Crippen molar-refractivity contribution in [2.45, 2.75) is 25.3 Å². The number of allylic oxidation sites excluding steroid dienone is 2. The second-order valence-electron chi connectivity index (χ2n) is 9.99. The number of nitrogens with one attached hydrogen (secondary N) is 1.